The van der Waals surface area contributed by atoms with Crippen LogP contribution in [0.5, 0.6) is 0 Å². The predicted molar refractivity (Wildman–Crippen MR) is 46.0 cm³/mol. The Labute approximate surface area is 80.4 Å². The van der Waals surface area contributed by atoms with Crippen molar-refractivity contribution in [1.29, 1.82) is 0 Å². The molecular formula is C9H11F3NO. The Hall–Kier alpha value is -1.00. The van der Waals surface area contributed by atoms with E-state index in [-0.39, 0.29) is 0 Å². The average Bonchev–Trinajstić information content (AvgIpc) is 2.13. The van der Waals surface area contributed by atoms with Crippen LogP contribution in [0.15, 0.2) is 16.8 Å². The molecule has 0 amide bonds. The van der Waals surface area contributed by atoms with Crippen LogP contribution >= 0.6 is 0 Å². The first-order valence-corrected chi connectivity index (χ1v) is 4.42. The fraction of sp³-hybridized carbons (Fsp3) is 0.667. The van der Waals surface area contributed by atoms with Crippen molar-refractivity contribution in [1.82, 2.24) is 0 Å². The molecule has 5 heteroatoms. The zero-order valence-electron chi connectivity index (χ0n) is 7.60. The van der Waals surface area contributed by atoms with Gasteiger partial charge in [0.15, 0.2) is 0 Å². The second-order valence-electron chi connectivity index (χ2n) is 3.07. The monoisotopic (exact) mass is 206 g/mol. The fourth-order valence-electron chi connectivity index (χ4n) is 1.14. The van der Waals surface area contributed by atoms with Crippen molar-refractivity contribution < 1.29 is 18.0 Å². The fourth-order valence-corrected chi connectivity index (χ4v) is 1.14. The summed E-state index contributed by atoms with van der Waals surface area (Å²) in [6.07, 6.45) is 3.97. The summed E-state index contributed by atoms with van der Waals surface area (Å²) in [6.45, 7) is -1.35. The van der Waals surface area contributed by atoms with Gasteiger partial charge in [-0.1, -0.05) is 11.2 Å². The molecule has 0 saturated carbocycles. The molecule has 2 nitrogen and oxygen atoms in total. The van der Waals surface area contributed by atoms with E-state index in [1.165, 1.54) is 0 Å². The average molecular weight is 206 g/mol. The highest BCUT2D eigenvalue weighted by molar-refractivity contribution is 5.78. The lowest BCUT2D eigenvalue weighted by atomic mass is 10.0. The lowest BCUT2D eigenvalue weighted by Gasteiger charge is -2.07. The van der Waals surface area contributed by atoms with E-state index in [4.69, 9.17) is 0 Å². The molecule has 1 radical (unpaired) electrons. The molecule has 0 heterocycles. The van der Waals surface area contributed by atoms with Gasteiger partial charge < -0.3 is 4.84 Å². The van der Waals surface area contributed by atoms with Gasteiger partial charge >= 0.3 is 6.18 Å². The van der Waals surface area contributed by atoms with Gasteiger partial charge in [0.2, 0.25) is 6.61 Å². The van der Waals surface area contributed by atoms with Crippen LogP contribution in [0.2, 0.25) is 0 Å². The van der Waals surface area contributed by atoms with Crippen molar-refractivity contribution in [2.75, 3.05) is 6.61 Å². The molecule has 0 aliphatic heterocycles. The zero-order chi connectivity index (χ0) is 10.4. The number of hydrogen-bond donors (Lipinski definition) is 0. The number of allylic oxidation sites excluding steroid dienone is 2. The molecule has 1 aliphatic carbocycles. The summed E-state index contributed by atoms with van der Waals surface area (Å²) in [4.78, 5) is 4.05. The minimum atomic E-state index is -4.33. The van der Waals surface area contributed by atoms with Crippen LogP contribution in [-0.4, -0.2) is 19.0 Å². The molecular weight excluding hydrogens is 195 g/mol. The standard InChI is InChI=1S/C9H11F3NO/c10-9(11,12)7-14-13-6-8-4-2-1-3-5-8/h4H,1-3,5,7H2. The molecule has 1 aliphatic rings. The normalized spacial score (nSPS) is 18.4. The summed E-state index contributed by atoms with van der Waals surface area (Å²) >= 11 is 0. The van der Waals surface area contributed by atoms with E-state index < -0.39 is 12.8 Å². The van der Waals surface area contributed by atoms with Gasteiger partial charge in [0.05, 0.1) is 0 Å². The van der Waals surface area contributed by atoms with E-state index in [1.54, 1.807) is 0 Å². The van der Waals surface area contributed by atoms with Crippen LogP contribution in [0.1, 0.15) is 25.7 Å². The first kappa shape index (κ1) is 11.1. The summed E-state index contributed by atoms with van der Waals surface area (Å²) < 4.78 is 34.8. The van der Waals surface area contributed by atoms with Crippen molar-refractivity contribution in [3.8, 4) is 0 Å². The highest BCUT2D eigenvalue weighted by Gasteiger charge is 2.28. The van der Waals surface area contributed by atoms with Crippen molar-refractivity contribution in [3.05, 3.63) is 11.6 Å². The van der Waals surface area contributed by atoms with Crippen LogP contribution in [0.3, 0.4) is 0 Å². The van der Waals surface area contributed by atoms with Gasteiger partial charge in [-0.2, -0.15) is 13.2 Å². The highest BCUT2D eigenvalue weighted by atomic mass is 19.4. The number of rotatable bonds is 3. The molecule has 0 N–H and O–H groups in total. The number of nitrogens with zero attached hydrogens (tertiary/aromatic N) is 1. The summed E-state index contributed by atoms with van der Waals surface area (Å²) in [5.41, 5.74) is 0.832. The van der Waals surface area contributed by atoms with Gasteiger partial charge in [0.1, 0.15) is 6.21 Å². The van der Waals surface area contributed by atoms with Gasteiger partial charge in [0, 0.05) is 0 Å². The molecule has 0 fully saturated rings. The molecule has 1 rings (SSSR count). The Kier molecular flexibility index (Phi) is 3.98. The minimum Gasteiger partial charge on any atom is -0.386 e. The van der Waals surface area contributed by atoms with Crippen molar-refractivity contribution in [3.63, 3.8) is 0 Å². The van der Waals surface area contributed by atoms with Crippen LogP contribution in [0.4, 0.5) is 13.2 Å². The molecule has 0 spiro atoms. The third kappa shape index (κ3) is 4.89. The summed E-state index contributed by atoms with van der Waals surface area (Å²) in [6, 6.07) is 0. The topological polar surface area (TPSA) is 21.6 Å². The van der Waals surface area contributed by atoms with Gasteiger partial charge in [-0.05, 0) is 31.3 Å². The molecule has 0 aromatic heterocycles. The second-order valence-corrected chi connectivity index (χ2v) is 3.07. The van der Waals surface area contributed by atoms with Gasteiger partial charge in [-0.3, -0.25) is 0 Å². The smallest absolute Gasteiger partial charge is 0.386 e. The summed E-state index contributed by atoms with van der Waals surface area (Å²) in [5, 5.41) is 3.14. The second kappa shape index (κ2) is 5.02. The lowest BCUT2D eigenvalue weighted by Crippen LogP contribution is -2.14. The van der Waals surface area contributed by atoms with Gasteiger partial charge in [-0.25, -0.2) is 0 Å². The van der Waals surface area contributed by atoms with E-state index in [2.05, 4.69) is 16.2 Å². The number of alkyl halides is 3. The maximum absolute atomic E-state index is 11.6. The molecule has 14 heavy (non-hydrogen) atoms. The van der Waals surface area contributed by atoms with Crippen LogP contribution in [0, 0.1) is 0 Å². The number of hydrogen-bond acceptors (Lipinski definition) is 2. The van der Waals surface area contributed by atoms with Crippen molar-refractivity contribution >= 4 is 6.21 Å². The van der Waals surface area contributed by atoms with E-state index >= 15 is 0 Å². The Balaban J connectivity index is 2.23. The third-order valence-electron chi connectivity index (χ3n) is 1.77. The first-order chi connectivity index (χ1) is 6.58. The van der Waals surface area contributed by atoms with Gasteiger partial charge in [-0.15, -0.1) is 0 Å². The lowest BCUT2D eigenvalue weighted by molar-refractivity contribution is -0.173. The zero-order valence-corrected chi connectivity index (χ0v) is 7.60. The van der Waals surface area contributed by atoms with Crippen LogP contribution in [0.25, 0.3) is 0 Å². The number of halogens is 3. The largest absolute Gasteiger partial charge is 0.425 e. The Morgan fingerprint density at radius 1 is 1.43 bits per heavy atom. The maximum atomic E-state index is 11.6. The van der Waals surface area contributed by atoms with Gasteiger partial charge in [0.25, 0.3) is 0 Å². The SMILES string of the molecule is FC(F)(F)CO/N=[C]\C1=CCCCC1. The summed E-state index contributed by atoms with van der Waals surface area (Å²) in [5.74, 6) is 0. The molecule has 0 aromatic carbocycles. The highest BCUT2D eigenvalue weighted by Crippen LogP contribution is 2.16. The maximum Gasteiger partial charge on any atom is 0.425 e. The van der Waals surface area contributed by atoms with Crippen LogP contribution < -0.4 is 0 Å². The molecule has 79 valence electrons. The van der Waals surface area contributed by atoms with E-state index in [9.17, 15) is 13.2 Å². The third-order valence-corrected chi connectivity index (χ3v) is 1.77. The van der Waals surface area contributed by atoms with E-state index in [1.807, 2.05) is 6.08 Å². The van der Waals surface area contributed by atoms with E-state index in [0.717, 1.165) is 31.3 Å². The van der Waals surface area contributed by atoms with Crippen LogP contribution in [-0.2, 0) is 4.84 Å². The quantitative estimate of drug-likeness (QED) is 0.514. The Morgan fingerprint density at radius 2 is 2.21 bits per heavy atom. The van der Waals surface area contributed by atoms with E-state index in [0.29, 0.717) is 0 Å². The Morgan fingerprint density at radius 3 is 2.79 bits per heavy atom. The van der Waals surface area contributed by atoms with Crippen molar-refractivity contribution in [2.45, 2.75) is 31.9 Å². The first-order valence-electron chi connectivity index (χ1n) is 4.42. The Bertz CT molecular complexity index is 233. The van der Waals surface area contributed by atoms with Crippen molar-refractivity contribution in [2.24, 2.45) is 5.16 Å². The summed E-state index contributed by atoms with van der Waals surface area (Å²) in [7, 11) is 0. The molecule has 0 unspecified atom stereocenters. The predicted octanol–water partition coefficient (Wildman–Crippen LogP) is 2.93. The molecule has 0 aromatic rings. The molecule has 0 bridgehead atoms. The molecule has 0 atom stereocenters. The molecule has 0 saturated heterocycles. The minimum absolute atomic E-state index is 0.818.